The fourth-order valence-electron chi connectivity index (χ4n) is 2.43. The van der Waals surface area contributed by atoms with Crippen molar-refractivity contribution in [2.24, 2.45) is 0 Å². The summed E-state index contributed by atoms with van der Waals surface area (Å²) in [7, 11) is 1.58. The second-order valence-corrected chi connectivity index (χ2v) is 5.65. The van der Waals surface area contributed by atoms with E-state index < -0.39 is 4.92 Å². The van der Waals surface area contributed by atoms with Crippen LogP contribution in [0.25, 0.3) is 0 Å². The van der Waals surface area contributed by atoms with Crippen LogP contribution in [0, 0.1) is 10.1 Å². The zero-order valence-electron chi connectivity index (χ0n) is 15.4. The Kier molecular flexibility index (Phi) is 7.57. The third-order valence-corrected chi connectivity index (χ3v) is 3.82. The number of nitro groups is 1. The molecular formula is C19H23N3O5. The van der Waals surface area contributed by atoms with Crippen molar-refractivity contribution >= 4 is 17.3 Å². The first-order valence-corrected chi connectivity index (χ1v) is 8.56. The van der Waals surface area contributed by atoms with Gasteiger partial charge in [-0.2, -0.15) is 0 Å². The maximum absolute atomic E-state index is 12.3. The van der Waals surface area contributed by atoms with E-state index in [1.165, 1.54) is 12.1 Å². The summed E-state index contributed by atoms with van der Waals surface area (Å²) < 4.78 is 10.7. The summed E-state index contributed by atoms with van der Waals surface area (Å²) in [5.74, 6) is 0.487. The summed E-state index contributed by atoms with van der Waals surface area (Å²) >= 11 is 0. The Morgan fingerprint density at radius 1 is 1.15 bits per heavy atom. The third-order valence-electron chi connectivity index (χ3n) is 3.82. The van der Waals surface area contributed by atoms with Gasteiger partial charge in [-0.05, 0) is 37.3 Å². The predicted octanol–water partition coefficient (Wildman–Crippen LogP) is 2.98. The van der Waals surface area contributed by atoms with Gasteiger partial charge < -0.3 is 20.1 Å². The van der Waals surface area contributed by atoms with Crippen molar-refractivity contribution in [3.05, 3.63) is 63.7 Å². The molecule has 0 aliphatic heterocycles. The molecule has 0 saturated heterocycles. The van der Waals surface area contributed by atoms with Crippen LogP contribution in [0.2, 0.25) is 0 Å². The molecule has 0 aliphatic rings. The molecule has 27 heavy (non-hydrogen) atoms. The number of ether oxygens (including phenoxy) is 2. The molecule has 2 aromatic rings. The molecule has 0 unspecified atom stereocenters. The van der Waals surface area contributed by atoms with E-state index in [2.05, 4.69) is 10.6 Å². The van der Waals surface area contributed by atoms with E-state index in [9.17, 15) is 14.9 Å². The molecule has 0 bridgehead atoms. The van der Waals surface area contributed by atoms with Crippen LogP contribution >= 0.6 is 0 Å². The lowest BCUT2D eigenvalue weighted by atomic mass is 10.1. The van der Waals surface area contributed by atoms with E-state index in [1.807, 2.05) is 6.92 Å². The molecule has 8 nitrogen and oxygen atoms in total. The van der Waals surface area contributed by atoms with E-state index in [0.29, 0.717) is 37.6 Å². The highest BCUT2D eigenvalue weighted by atomic mass is 16.6. The first kappa shape index (κ1) is 20.2. The lowest BCUT2D eigenvalue weighted by Gasteiger charge is -2.12. The number of carbonyl (C=O) groups excluding carboxylic acids is 1. The third kappa shape index (κ3) is 5.96. The zero-order chi connectivity index (χ0) is 19.6. The maximum Gasteiger partial charge on any atom is 0.269 e. The lowest BCUT2D eigenvalue weighted by molar-refractivity contribution is -0.384. The molecule has 0 spiro atoms. The van der Waals surface area contributed by atoms with Crippen LogP contribution in [0.4, 0.5) is 11.4 Å². The monoisotopic (exact) mass is 373 g/mol. The van der Waals surface area contributed by atoms with Gasteiger partial charge in [0.1, 0.15) is 5.75 Å². The minimum Gasteiger partial charge on any atom is -0.496 e. The van der Waals surface area contributed by atoms with Gasteiger partial charge in [-0.25, -0.2) is 0 Å². The molecule has 2 rings (SSSR count). The number of carbonyl (C=O) groups is 1. The summed E-state index contributed by atoms with van der Waals surface area (Å²) in [6.07, 6.45) is 0. The first-order valence-electron chi connectivity index (χ1n) is 8.56. The Balaban J connectivity index is 1.85. The zero-order valence-corrected chi connectivity index (χ0v) is 15.4. The van der Waals surface area contributed by atoms with Gasteiger partial charge in [0.2, 0.25) is 0 Å². The Labute approximate surface area is 157 Å². The number of methoxy groups -OCH3 is 1. The molecule has 8 heteroatoms. The van der Waals surface area contributed by atoms with Crippen LogP contribution in [-0.2, 0) is 11.3 Å². The molecule has 144 valence electrons. The summed E-state index contributed by atoms with van der Waals surface area (Å²) in [4.78, 5) is 22.5. The lowest BCUT2D eigenvalue weighted by Crippen LogP contribution is -2.28. The van der Waals surface area contributed by atoms with Gasteiger partial charge in [-0.15, -0.1) is 0 Å². The van der Waals surface area contributed by atoms with Crippen molar-refractivity contribution < 1.29 is 19.2 Å². The van der Waals surface area contributed by atoms with Crippen molar-refractivity contribution in [3.8, 4) is 5.75 Å². The number of anilines is 1. The molecule has 0 aliphatic carbocycles. The Morgan fingerprint density at radius 3 is 2.52 bits per heavy atom. The van der Waals surface area contributed by atoms with Crippen molar-refractivity contribution in [1.82, 2.24) is 5.32 Å². The number of nitrogens with zero attached hydrogens (tertiary/aromatic N) is 1. The first-order chi connectivity index (χ1) is 13.0. The average Bonchev–Trinajstić information content (AvgIpc) is 2.69. The van der Waals surface area contributed by atoms with Gasteiger partial charge in [-0.3, -0.25) is 14.9 Å². The van der Waals surface area contributed by atoms with Crippen LogP contribution in [-0.4, -0.2) is 37.6 Å². The van der Waals surface area contributed by atoms with Crippen molar-refractivity contribution in [1.29, 1.82) is 0 Å². The molecule has 2 aromatic carbocycles. The largest absolute Gasteiger partial charge is 0.496 e. The van der Waals surface area contributed by atoms with Crippen LogP contribution in [0.15, 0.2) is 42.5 Å². The van der Waals surface area contributed by atoms with Crippen LogP contribution in [0.5, 0.6) is 5.75 Å². The van der Waals surface area contributed by atoms with Gasteiger partial charge >= 0.3 is 0 Å². The number of benzene rings is 2. The highest BCUT2D eigenvalue weighted by Crippen LogP contribution is 2.21. The van der Waals surface area contributed by atoms with Crippen LogP contribution in [0.1, 0.15) is 22.8 Å². The fraction of sp³-hybridized carbons (Fsp3) is 0.316. The molecule has 2 N–H and O–H groups in total. The van der Waals surface area contributed by atoms with E-state index >= 15 is 0 Å². The normalized spacial score (nSPS) is 10.3. The predicted molar refractivity (Wildman–Crippen MR) is 102 cm³/mol. The number of rotatable bonds is 10. The molecule has 1 amide bonds. The molecule has 0 atom stereocenters. The average molecular weight is 373 g/mol. The van der Waals surface area contributed by atoms with Gasteiger partial charge in [0, 0.05) is 48.6 Å². The Morgan fingerprint density at radius 2 is 1.89 bits per heavy atom. The van der Waals surface area contributed by atoms with E-state index in [0.717, 1.165) is 11.3 Å². The molecule has 0 saturated carbocycles. The van der Waals surface area contributed by atoms with Crippen molar-refractivity contribution in [3.63, 3.8) is 0 Å². The Hall–Kier alpha value is -3.13. The highest BCUT2D eigenvalue weighted by Gasteiger charge is 2.10. The van der Waals surface area contributed by atoms with E-state index in [4.69, 9.17) is 9.47 Å². The number of hydrogen-bond acceptors (Lipinski definition) is 6. The molecule has 0 radical (unpaired) electrons. The number of nitrogens with one attached hydrogen (secondary N) is 2. The summed E-state index contributed by atoms with van der Waals surface area (Å²) in [6.45, 7) is 3.76. The maximum atomic E-state index is 12.3. The van der Waals surface area contributed by atoms with Crippen LogP contribution in [0.3, 0.4) is 0 Å². The second-order valence-electron chi connectivity index (χ2n) is 5.65. The number of hydrogen-bond donors (Lipinski definition) is 2. The van der Waals surface area contributed by atoms with Gasteiger partial charge in [0.15, 0.2) is 0 Å². The van der Waals surface area contributed by atoms with Crippen molar-refractivity contribution in [2.45, 2.75) is 13.5 Å². The number of non-ortho nitro benzene ring substituents is 1. The Bertz CT molecular complexity index is 777. The molecular weight excluding hydrogens is 350 g/mol. The summed E-state index contributed by atoms with van der Waals surface area (Å²) in [5.41, 5.74) is 2.13. The minimum absolute atomic E-state index is 0.0382. The van der Waals surface area contributed by atoms with E-state index in [-0.39, 0.29) is 11.6 Å². The van der Waals surface area contributed by atoms with Gasteiger partial charge in [0.25, 0.3) is 11.6 Å². The minimum atomic E-state index is -0.446. The second kappa shape index (κ2) is 10.1. The topological polar surface area (TPSA) is 103 Å². The number of amides is 1. The number of nitro benzene ring substituents is 1. The van der Waals surface area contributed by atoms with Crippen LogP contribution < -0.4 is 15.4 Å². The fourth-order valence-corrected chi connectivity index (χ4v) is 2.43. The summed E-state index contributed by atoms with van der Waals surface area (Å²) in [6, 6.07) is 11.3. The quantitative estimate of drug-likeness (QED) is 0.377. The van der Waals surface area contributed by atoms with Gasteiger partial charge in [-0.1, -0.05) is 0 Å². The molecule has 0 fully saturated rings. The van der Waals surface area contributed by atoms with E-state index in [1.54, 1.807) is 37.4 Å². The summed E-state index contributed by atoms with van der Waals surface area (Å²) in [5, 5.41) is 16.6. The van der Waals surface area contributed by atoms with Crippen molar-refractivity contribution in [2.75, 3.05) is 32.1 Å². The SMILES string of the molecule is CCOCc1cc(C(=O)NCCNc2ccc([N+](=O)[O-])cc2)ccc1OC. The smallest absolute Gasteiger partial charge is 0.269 e. The van der Waals surface area contributed by atoms with Gasteiger partial charge in [0.05, 0.1) is 18.6 Å². The standard InChI is InChI=1S/C19H23N3O5/c1-3-27-13-15-12-14(4-9-18(15)26-2)19(23)21-11-10-20-16-5-7-17(8-6-16)22(24)25/h4-9,12,20H,3,10-11,13H2,1-2H3,(H,21,23). The highest BCUT2D eigenvalue weighted by molar-refractivity contribution is 5.94. The molecule has 0 aromatic heterocycles. The molecule has 0 heterocycles.